The Labute approximate surface area is 122 Å². The van der Waals surface area contributed by atoms with E-state index in [2.05, 4.69) is 17.0 Å². The molecule has 0 aliphatic heterocycles. The number of nitrogens with two attached hydrogens (primary N) is 1. The number of nitrogen functional groups attached to an aromatic ring is 1. The number of amides is 1. The van der Waals surface area contributed by atoms with E-state index >= 15 is 0 Å². The zero-order valence-electron chi connectivity index (χ0n) is 12.9. The summed E-state index contributed by atoms with van der Waals surface area (Å²) >= 11 is 0. The van der Waals surface area contributed by atoms with Gasteiger partial charge in [-0.3, -0.25) is 9.69 Å². The van der Waals surface area contributed by atoms with Crippen LogP contribution in [0, 0.1) is 0 Å². The van der Waals surface area contributed by atoms with Crippen molar-refractivity contribution < 1.29 is 4.79 Å². The van der Waals surface area contributed by atoms with Crippen molar-refractivity contribution in [3.63, 3.8) is 0 Å². The molecule has 20 heavy (non-hydrogen) atoms. The van der Waals surface area contributed by atoms with Crippen LogP contribution in [0.1, 0.15) is 25.8 Å². The molecule has 4 heteroatoms. The maximum absolute atomic E-state index is 12.0. The zero-order chi connectivity index (χ0) is 15.0. The van der Waals surface area contributed by atoms with Gasteiger partial charge in [-0.1, -0.05) is 12.1 Å². The van der Waals surface area contributed by atoms with Crippen LogP contribution in [0.2, 0.25) is 0 Å². The van der Waals surface area contributed by atoms with Gasteiger partial charge in [-0.05, 0) is 58.0 Å². The lowest BCUT2D eigenvalue weighted by Gasteiger charge is -2.23. The number of anilines is 1. The van der Waals surface area contributed by atoms with Gasteiger partial charge in [-0.25, -0.2) is 0 Å². The molecule has 0 saturated heterocycles. The molecule has 0 aromatic heterocycles. The number of carbonyl (C=O) groups excluding carboxylic acids is 1. The smallest absolute Gasteiger partial charge is 0.236 e. The Bertz CT molecular complexity index is 399. The van der Waals surface area contributed by atoms with Crippen LogP contribution in [-0.4, -0.2) is 48.9 Å². The molecule has 0 heterocycles. The number of benzene rings is 1. The van der Waals surface area contributed by atoms with Crippen LogP contribution in [0.25, 0.3) is 0 Å². The zero-order valence-corrected chi connectivity index (χ0v) is 12.9. The Kier molecular flexibility index (Phi) is 7.09. The highest BCUT2D eigenvalue weighted by atomic mass is 16.2. The van der Waals surface area contributed by atoms with Gasteiger partial charge in [-0.15, -0.1) is 0 Å². The third-order valence-corrected chi connectivity index (χ3v) is 3.51. The van der Waals surface area contributed by atoms with Crippen LogP contribution < -0.4 is 5.73 Å². The van der Waals surface area contributed by atoms with Crippen molar-refractivity contribution >= 4 is 11.6 Å². The average Bonchev–Trinajstić information content (AvgIpc) is 2.42. The molecule has 1 rings (SSSR count). The number of rotatable bonds is 8. The minimum absolute atomic E-state index is 0.213. The van der Waals surface area contributed by atoms with E-state index in [9.17, 15) is 4.79 Å². The Morgan fingerprint density at radius 2 is 1.75 bits per heavy atom. The van der Waals surface area contributed by atoms with Crippen molar-refractivity contribution in [1.29, 1.82) is 0 Å². The van der Waals surface area contributed by atoms with Crippen LogP contribution in [0.4, 0.5) is 5.69 Å². The van der Waals surface area contributed by atoms with Gasteiger partial charge in [0.05, 0.1) is 6.54 Å². The molecule has 1 amide bonds. The van der Waals surface area contributed by atoms with Crippen LogP contribution in [-0.2, 0) is 11.2 Å². The van der Waals surface area contributed by atoms with Gasteiger partial charge in [0.2, 0.25) is 5.91 Å². The van der Waals surface area contributed by atoms with Gasteiger partial charge in [0.25, 0.3) is 0 Å². The minimum atomic E-state index is 0.213. The summed E-state index contributed by atoms with van der Waals surface area (Å²) in [5, 5.41) is 0. The van der Waals surface area contributed by atoms with Gasteiger partial charge in [0.1, 0.15) is 0 Å². The molecule has 0 bridgehead atoms. The second-order valence-corrected chi connectivity index (χ2v) is 5.15. The average molecular weight is 277 g/mol. The van der Waals surface area contributed by atoms with Gasteiger partial charge >= 0.3 is 0 Å². The first-order valence-corrected chi connectivity index (χ1v) is 7.37. The summed E-state index contributed by atoms with van der Waals surface area (Å²) in [4.78, 5) is 15.9. The molecule has 0 spiro atoms. The quantitative estimate of drug-likeness (QED) is 0.739. The highest BCUT2D eigenvalue weighted by molar-refractivity contribution is 5.78. The number of aryl methyl sites for hydroxylation is 1. The SMILES string of the molecule is CCN(CC)C(=O)CN(C)CCCc1ccc(N)cc1. The maximum atomic E-state index is 12.0. The molecule has 0 aliphatic carbocycles. The van der Waals surface area contributed by atoms with Crippen LogP contribution in [0.5, 0.6) is 0 Å². The van der Waals surface area contributed by atoms with Crippen molar-refractivity contribution in [2.75, 3.05) is 39.0 Å². The van der Waals surface area contributed by atoms with Crippen LogP contribution in [0.3, 0.4) is 0 Å². The van der Waals surface area contributed by atoms with E-state index in [1.807, 2.05) is 37.9 Å². The summed E-state index contributed by atoms with van der Waals surface area (Å²) < 4.78 is 0. The number of likely N-dealkylation sites (N-methyl/N-ethyl adjacent to an activating group) is 2. The Balaban J connectivity index is 2.27. The molecule has 1 aromatic rings. The van der Waals surface area contributed by atoms with Gasteiger partial charge < -0.3 is 10.6 Å². The van der Waals surface area contributed by atoms with E-state index < -0.39 is 0 Å². The number of carbonyl (C=O) groups is 1. The molecule has 4 nitrogen and oxygen atoms in total. The van der Waals surface area contributed by atoms with Crippen molar-refractivity contribution in [3.8, 4) is 0 Å². The highest BCUT2D eigenvalue weighted by Crippen LogP contribution is 2.08. The standard InChI is InChI=1S/C16H27N3O/c1-4-19(5-2)16(20)13-18(3)12-6-7-14-8-10-15(17)11-9-14/h8-11H,4-7,12-13,17H2,1-3H3. The molecule has 0 unspecified atom stereocenters. The molecule has 2 N–H and O–H groups in total. The number of hydrogen-bond acceptors (Lipinski definition) is 3. The molecular formula is C16H27N3O. The largest absolute Gasteiger partial charge is 0.399 e. The molecule has 0 radical (unpaired) electrons. The Hall–Kier alpha value is -1.55. The van der Waals surface area contributed by atoms with Crippen LogP contribution >= 0.6 is 0 Å². The first kappa shape index (κ1) is 16.5. The topological polar surface area (TPSA) is 49.6 Å². The molecule has 0 saturated carbocycles. The summed E-state index contributed by atoms with van der Waals surface area (Å²) in [6.45, 7) is 7.04. The third kappa shape index (κ3) is 5.61. The van der Waals surface area contributed by atoms with Gasteiger partial charge in [-0.2, -0.15) is 0 Å². The molecule has 1 aromatic carbocycles. The summed E-state index contributed by atoms with van der Waals surface area (Å²) in [5.74, 6) is 0.213. The molecule has 0 aliphatic rings. The summed E-state index contributed by atoms with van der Waals surface area (Å²) in [5.41, 5.74) is 7.76. The maximum Gasteiger partial charge on any atom is 0.236 e. The van der Waals surface area contributed by atoms with Crippen molar-refractivity contribution in [2.24, 2.45) is 0 Å². The van der Waals surface area contributed by atoms with E-state index in [0.29, 0.717) is 6.54 Å². The van der Waals surface area contributed by atoms with E-state index in [0.717, 1.165) is 38.2 Å². The normalized spacial score (nSPS) is 10.8. The summed E-state index contributed by atoms with van der Waals surface area (Å²) in [6, 6.07) is 8.00. The lowest BCUT2D eigenvalue weighted by atomic mass is 10.1. The first-order chi connectivity index (χ1) is 9.56. The van der Waals surface area contributed by atoms with Crippen molar-refractivity contribution in [3.05, 3.63) is 29.8 Å². The number of nitrogens with zero attached hydrogens (tertiary/aromatic N) is 2. The van der Waals surface area contributed by atoms with E-state index in [1.54, 1.807) is 0 Å². The predicted molar refractivity (Wildman–Crippen MR) is 84.6 cm³/mol. The summed E-state index contributed by atoms with van der Waals surface area (Å²) in [6.07, 6.45) is 2.07. The van der Waals surface area contributed by atoms with E-state index in [4.69, 9.17) is 5.73 Å². The fraction of sp³-hybridized carbons (Fsp3) is 0.562. The second kappa shape index (κ2) is 8.59. The number of hydrogen-bond donors (Lipinski definition) is 1. The first-order valence-electron chi connectivity index (χ1n) is 7.37. The van der Waals surface area contributed by atoms with E-state index in [1.165, 1.54) is 5.56 Å². The van der Waals surface area contributed by atoms with Crippen molar-refractivity contribution in [2.45, 2.75) is 26.7 Å². The second-order valence-electron chi connectivity index (χ2n) is 5.15. The fourth-order valence-electron chi connectivity index (χ4n) is 2.22. The Morgan fingerprint density at radius 1 is 1.15 bits per heavy atom. The van der Waals surface area contributed by atoms with E-state index in [-0.39, 0.29) is 5.91 Å². The van der Waals surface area contributed by atoms with Crippen molar-refractivity contribution in [1.82, 2.24) is 9.80 Å². The molecule has 0 fully saturated rings. The Morgan fingerprint density at radius 3 is 2.30 bits per heavy atom. The molecule has 0 atom stereocenters. The molecule has 112 valence electrons. The van der Waals surface area contributed by atoms with Gasteiger partial charge in [0, 0.05) is 18.8 Å². The monoisotopic (exact) mass is 277 g/mol. The predicted octanol–water partition coefficient (Wildman–Crippen LogP) is 2.00. The lowest BCUT2D eigenvalue weighted by Crippen LogP contribution is -2.39. The third-order valence-electron chi connectivity index (χ3n) is 3.51. The lowest BCUT2D eigenvalue weighted by molar-refractivity contribution is -0.131. The fourth-order valence-corrected chi connectivity index (χ4v) is 2.22. The highest BCUT2D eigenvalue weighted by Gasteiger charge is 2.11. The van der Waals surface area contributed by atoms with Crippen LogP contribution in [0.15, 0.2) is 24.3 Å². The summed E-state index contributed by atoms with van der Waals surface area (Å²) in [7, 11) is 2.00. The molecular weight excluding hydrogens is 250 g/mol. The minimum Gasteiger partial charge on any atom is -0.399 e. The van der Waals surface area contributed by atoms with Gasteiger partial charge in [0.15, 0.2) is 0 Å².